The van der Waals surface area contributed by atoms with E-state index in [0.717, 1.165) is 61.4 Å². The van der Waals surface area contributed by atoms with Crippen LogP contribution in [0.1, 0.15) is 58.4 Å². The first kappa shape index (κ1) is 22.5. The molecule has 154 valence electrons. The lowest BCUT2D eigenvalue weighted by molar-refractivity contribution is -0.132. The minimum Gasteiger partial charge on any atom is -0.478 e. The Labute approximate surface area is 172 Å². The largest absolute Gasteiger partial charge is 0.478 e. The molecule has 3 nitrogen and oxygen atoms in total. The molecule has 0 amide bonds. The summed E-state index contributed by atoms with van der Waals surface area (Å²) in [5, 5.41) is 9.76. The number of carboxylic acid groups (broad SMARTS) is 1. The van der Waals surface area contributed by atoms with Gasteiger partial charge in [0.1, 0.15) is 5.82 Å². The van der Waals surface area contributed by atoms with Gasteiger partial charge in [0.25, 0.3) is 0 Å². The van der Waals surface area contributed by atoms with Crippen molar-refractivity contribution < 1.29 is 14.3 Å². The van der Waals surface area contributed by atoms with Gasteiger partial charge in [-0.2, -0.15) is 11.8 Å². The van der Waals surface area contributed by atoms with Crippen molar-refractivity contribution in [1.29, 1.82) is 0 Å². The van der Waals surface area contributed by atoms with Crippen LogP contribution in [0.3, 0.4) is 0 Å². The number of allylic oxidation sites excluding steroid dienone is 1. The van der Waals surface area contributed by atoms with E-state index >= 15 is 0 Å². The number of thioether (sulfide) groups is 1. The van der Waals surface area contributed by atoms with Gasteiger partial charge < -0.3 is 10.0 Å². The van der Waals surface area contributed by atoms with Crippen LogP contribution >= 0.6 is 11.8 Å². The number of rotatable bonds is 11. The van der Waals surface area contributed by atoms with E-state index in [0.29, 0.717) is 12.0 Å². The van der Waals surface area contributed by atoms with Crippen molar-refractivity contribution in [3.8, 4) is 0 Å². The van der Waals surface area contributed by atoms with Crippen molar-refractivity contribution in [2.45, 2.75) is 58.1 Å². The molecule has 0 aromatic heterocycles. The smallest absolute Gasteiger partial charge is 0.331 e. The molecule has 0 radical (unpaired) electrons. The molecule has 2 rings (SSSR count). The maximum Gasteiger partial charge on any atom is 0.331 e. The Bertz CT molecular complexity index is 704. The van der Waals surface area contributed by atoms with Gasteiger partial charge in [-0.1, -0.05) is 45.7 Å². The van der Waals surface area contributed by atoms with Crippen LogP contribution < -0.4 is 0 Å². The maximum atomic E-state index is 13.5. The fraction of sp³-hybridized carbons (Fsp3) is 0.522. The number of carbonyl (C=O) groups is 1. The highest BCUT2D eigenvalue weighted by atomic mass is 32.2. The molecule has 1 aliphatic carbocycles. The summed E-state index contributed by atoms with van der Waals surface area (Å²) in [6.07, 6.45) is 6.66. The highest BCUT2D eigenvalue weighted by molar-refractivity contribution is 8.00. The molecule has 1 N–H and O–H groups in total. The Balaban J connectivity index is 2.61. The maximum absolute atomic E-state index is 13.5. The number of carboxylic acids is 1. The predicted molar refractivity (Wildman–Crippen MR) is 117 cm³/mol. The lowest BCUT2D eigenvalue weighted by Crippen LogP contribution is -2.30. The zero-order valence-electron chi connectivity index (χ0n) is 17.2. The van der Waals surface area contributed by atoms with E-state index in [9.17, 15) is 14.3 Å². The summed E-state index contributed by atoms with van der Waals surface area (Å²) < 4.78 is 13.5. The number of aliphatic carboxylic acids is 1. The van der Waals surface area contributed by atoms with E-state index in [1.54, 1.807) is 11.8 Å². The van der Waals surface area contributed by atoms with Gasteiger partial charge in [0.05, 0.1) is 0 Å². The Morgan fingerprint density at radius 3 is 2.25 bits per heavy atom. The lowest BCUT2D eigenvalue weighted by atomic mass is 9.89. The third-order valence-corrected chi connectivity index (χ3v) is 6.15. The summed E-state index contributed by atoms with van der Waals surface area (Å²) in [4.78, 5) is 14.2. The summed E-state index contributed by atoms with van der Waals surface area (Å²) in [5.41, 5.74) is 3.60. The molecule has 28 heavy (non-hydrogen) atoms. The minimum absolute atomic E-state index is 0.0623. The number of halogens is 1. The van der Waals surface area contributed by atoms with E-state index in [4.69, 9.17) is 0 Å². The molecule has 5 heteroatoms. The zero-order valence-corrected chi connectivity index (χ0v) is 18.0. The first-order valence-electron chi connectivity index (χ1n) is 10.3. The molecule has 0 fully saturated rings. The van der Waals surface area contributed by atoms with Crippen LogP contribution in [-0.2, 0) is 4.79 Å². The first-order valence-corrected chi connectivity index (χ1v) is 11.4. The molecule has 1 aromatic rings. The van der Waals surface area contributed by atoms with Gasteiger partial charge in [-0.25, -0.2) is 9.18 Å². The Morgan fingerprint density at radius 2 is 1.75 bits per heavy atom. The van der Waals surface area contributed by atoms with Crippen LogP contribution in [0.4, 0.5) is 4.39 Å². The van der Waals surface area contributed by atoms with Gasteiger partial charge in [0, 0.05) is 29.6 Å². The second kappa shape index (κ2) is 11.3. The van der Waals surface area contributed by atoms with Crippen molar-refractivity contribution in [2.75, 3.05) is 18.8 Å². The predicted octanol–water partition coefficient (Wildman–Crippen LogP) is 5.98. The van der Waals surface area contributed by atoms with Crippen molar-refractivity contribution in [1.82, 2.24) is 4.90 Å². The second-order valence-corrected chi connectivity index (χ2v) is 8.60. The summed E-state index contributed by atoms with van der Waals surface area (Å²) in [5.74, 6) is -0.195. The Hall–Kier alpha value is -1.75. The molecular weight excluding hydrogens is 373 g/mol. The Morgan fingerprint density at radius 1 is 1.14 bits per heavy atom. The standard InChI is InChI=1S/C23H32FNO2S/c1-4-7-13-25(14-8-5-2)20-15-18(23(26)27)16-21(28-6-3)22(20)17-9-11-19(24)12-10-17/h9-12,15,21H,4-8,13-14,16H2,1-3H3,(H,26,27). The monoisotopic (exact) mass is 405 g/mol. The molecule has 0 aliphatic heterocycles. The Kier molecular flexibility index (Phi) is 9.10. The highest BCUT2D eigenvalue weighted by Crippen LogP contribution is 2.40. The highest BCUT2D eigenvalue weighted by Gasteiger charge is 2.30. The molecular formula is C23H32FNO2S. The summed E-state index contributed by atoms with van der Waals surface area (Å²) in [7, 11) is 0. The SMILES string of the molecule is CCCCN(CCCC)C1=C(c2ccc(F)cc2)C(SCC)CC(C(=O)O)=C1. The first-order chi connectivity index (χ1) is 13.5. The molecule has 1 atom stereocenters. The number of benzene rings is 1. The van der Waals surface area contributed by atoms with E-state index < -0.39 is 5.97 Å². The quantitative estimate of drug-likeness (QED) is 0.492. The summed E-state index contributed by atoms with van der Waals surface area (Å²) in [6.45, 7) is 8.25. The molecule has 0 saturated carbocycles. The van der Waals surface area contributed by atoms with Crippen LogP contribution in [0.5, 0.6) is 0 Å². The summed E-state index contributed by atoms with van der Waals surface area (Å²) >= 11 is 1.77. The molecule has 0 saturated heterocycles. The van der Waals surface area contributed by atoms with E-state index in [1.807, 2.05) is 18.2 Å². The molecule has 1 unspecified atom stereocenters. The average Bonchev–Trinajstić information content (AvgIpc) is 2.68. The third kappa shape index (κ3) is 5.87. The fourth-order valence-corrected chi connectivity index (χ4v) is 4.66. The molecule has 0 heterocycles. The number of hydrogen-bond acceptors (Lipinski definition) is 3. The van der Waals surface area contributed by atoms with E-state index in [-0.39, 0.29) is 11.1 Å². The van der Waals surface area contributed by atoms with Gasteiger partial charge >= 0.3 is 5.97 Å². The van der Waals surface area contributed by atoms with Crippen LogP contribution in [-0.4, -0.2) is 40.1 Å². The normalized spacial score (nSPS) is 16.9. The number of hydrogen-bond donors (Lipinski definition) is 1. The minimum atomic E-state index is -0.844. The average molecular weight is 406 g/mol. The molecule has 0 bridgehead atoms. The molecule has 0 spiro atoms. The van der Waals surface area contributed by atoms with Crippen LogP contribution in [0, 0.1) is 5.82 Å². The third-order valence-electron chi connectivity index (χ3n) is 5.02. The second-order valence-electron chi connectivity index (χ2n) is 7.12. The van der Waals surface area contributed by atoms with Gasteiger partial charge in [0.2, 0.25) is 0 Å². The zero-order chi connectivity index (χ0) is 20.5. The van der Waals surface area contributed by atoms with Crippen LogP contribution in [0.25, 0.3) is 5.57 Å². The molecule has 1 aliphatic rings. The van der Waals surface area contributed by atoms with Gasteiger partial charge in [-0.05, 0) is 54.4 Å². The van der Waals surface area contributed by atoms with Crippen LogP contribution in [0.15, 0.2) is 41.6 Å². The van der Waals surface area contributed by atoms with Gasteiger partial charge in [0.15, 0.2) is 0 Å². The number of nitrogens with zero attached hydrogens (tertiary/aromatic N) is 1. The number of unbranched alkanes of at least 4 members (excludes halogenated alkanes) is 2. The lowest BCUT2D eigenvalue weighted by Gasteiger charge is -2.34. The molecule has 1 aromatic carbocycles. The fourth-order valence-electron chi connectivity index (χ4n) is 3.54. The van der Waals surface area contributed by atoms with Crippen LogP contribution in [0.2, 0.25) is 0 Å². The van der Waals surface area contributed by atoms with Gasteiger partial charge in [-0.15, -0.1) is 0 Å². The topological polar surface area (TPSA) is 40.5 Å². The van der Waals surface area contributed by atoms with Crippen molar-refractivity contribution in [3.05, 3.63) is 53.0 Å². The van der Waals surface area contributed by atoms with E-state index in [1.165, 1.54) is 12.1 Å². The summed E-state index contributed by atoms with van der Waals surface area (Å²) in [6, 6.07) is 6.63. The van der Waals surface area contributed by atoms with Gasteiger partial charge in [-0.3, -0.25) is 0 Å². The van der Waals surface area contributed by atoms with Crippen molar-refractivity contribution in [3.63, 3.8) is 0 Å². The van der Waals surface area contributed by atoms with Crippen molar-refractivity contribution >= 4 is 23.3 Å². The van der Waals surface area contributed by atoms with E-state index in [2.05, 4.69) is 25.7 Å². The van der Waals surface area contributed by atoms with Crippen molar-refractivity contribution in [2.24, 2.45) is 0 Å².